The Morgan fingerprint density at radius 3 is 2.76 bits per heavy atom. The van der Waals surface area contributed by atoms with Gasteiger partial charge in [-0.15, -0.1) is 0 Å². The van der Waals surface area contributed by atoms with Gasteiger partial charge in [0, 0.05) is 12.1 Å². The van der Waals surface area contributed by atoms with Crippen LogP contribution in [-0.4, -0.2) is 18.2 Å². The quantitative estimate of drug-likeness (QED) is 0.838. The van der Waals surface area contributed by atoms with Crippen molar-refractivity contribution >= 4 is 6.09 Å². The minimum Gasteiger partial charge on any atom is -0.445 e. The van der Waals surface area contributed by atoms with Crippen molar-refractivity contribution in [1.82, 2.24) is 5.32 Å². The maximum absolute atomic E-state index is 11.5. The van der Waals surface area contributed by atoms with Gasteiger partial charge >= 0.3 is 6.09 Å². The van der Waals surface area contributed by atoms with Gasteiger partial charge in [-0.1, -0.05) is 30.3 Å². The van der Waals surface area contributed by atoms with E-state index in [4.69, 9.17) is 10.5 Å². The molecule has 1 aliphatic carbocycles. The number of rotatable bonds is 3. The zero-order valence-electron chi connectivity index (χ0n) is 9.76. The molecule has 0 aromatic heterocycles. The number of carbonyl (C=O) groups excluding carboxylic acids is 1. The maximum Gasteiger partial charge on any atom is 0.407 e. The summed E-state index contributed by atoms with van der Waals surface area (Å²) in [6.07, 6.45) is 2.42. The molecule has 3 N–H and O–H groups in total. The van der Waals surface area contributed by atoms with Crippen molar-refractivity contribution in [2.24, 2.45) is 5.73 Å². The molecule has 0 spiro atoms. The highest BCUT2D eigenvalue weighted by atomic mass is 16.5. The van der Waals surface area contributed by atoms with E-state index in [0.29, 0.717) is 6.61 Å². The molecule has 2 atom stereocenters. The van der Waals surface area contributed by atoms with Crippen LogP contribution >= 0.6 is 0 Å². The summed E-state index contributed by atoms with van der Waals surface area (Å²) in [5, 5.41) is 2.84. The van der Waals surface area contributed by atoms with Crippen molar-refractivity contribution in [3.63, 3.8) is 0 Å². The van der Waals surface area contributed by atoms with E-state index in [1.54, 1.807) is 0 Å². The summed E-state index contributed by atoms with van der Waals surface area (Å²) in [5.41, 5.74) is 6.77. The predicted octanol–water partition coefficient (Wildman–Crippen LogP) is 1.79. The van der Waals surface area contributed by atoms with Crippen LogP contribution in [-0.2, 0) is 11.3 Å². The molecule has 0 heterocycles. The van der Waals surface area contributed by atoms with Gasteiger partial charge in [-0.25, -0.2) is 4.79 Å². The predicted molar refractivity (Wildman–Crippen MR) is 65.4 cm³/mol. The van der Waals surface area contributed by atoms with Gasteiger partial charge in [0.1, 0.15) is 6.61 Å². The Bertz CT molecular complexity index is 367. The van der Waals surface area contributed by atoms with E-state index in [1.807, 2.05) is 30.3 Å². The van der Waals surface area contributed by atoms with Crippen molar-refractivity contribution in [3.05, 3.63) is 35.9 Å². The molecular weight excluding hydrogens is 216 g/mol. The monoisotopic (exact) mass is 234 g/mol. The molecule has 1 amide bonds. The number of hydrogen-bond donors (Lipinski definition) is 2. The molecule has 0 bridgehead atoms. The van der Waals surface area contributed by atoms with E-state index in [2.05, 4.69) is 5.32 Å². The number of benzene rings is 1. The molecule has 1 aromatic rings. The lowest BCUT2D eigenvalue weighted by Crippen LogP contribution is -2.34. The highest BCUT2D eigenvalue weighted by molar-refractivity contribution is 5.67. The number of ether oxygens (including phenoxy) is 1. The van der Waals surface area contributed by atoms with E-state index in [0.717, 1.165) is 24.8 Å². The molecule has 1 aromatic carbocycles. The van der Waals surface area contributed by atoms with E-state index >= 15 is 0 Å². The molecule has 92 valence electrons. The largest absolute Gasteiger partial charge is 0.445 e. The minimum absolute atomic E-state index is 0.174. The van der Waals surface area contributed by atoms with Crippen molar-refractivity contribution in [1.29, 1.82) is 0 Å². The number of nitrogens with two attached hydrogens (primary N) is 1. The first kappa shape index (κ1) is 11.9. The summed E-state index contributed by atoms with van der Waals surface area (Å²) in [7, 11) is 0. The number of alkyl carbamates (subject to hydrolysis) is 1. The first-order chi connectivity index (χ1) is 8.24. The van der Waals surface area contributed by atoms with Crippen LogP contribution in [0, 0.1) is 0 Å². The van der Waals surface area contributed by atoms with Crippen LogP contribution in [0.5, 0.6) is 0 Å². The molecule has 17 heavy (non-hydrogen) atoms. The summed E-state index contributed by atoms with van der Waals surface area (Å²) in [4.78, 5) is 11.5. The number of hydrogen-bond acceptors (Lipinski definition) is 3. The summed E-state index contributed by atoms with van der Waals surface area (Å²) in [5.74, 6) is 0. The second-order valence-corrected chi connectivity index (χ2v) is 4.48. The smallest absolute Gasteiger partial charge is 0.407 e. The van der Waals surface area contributed by atoms with Crippen molar-refractivity contribution in [2.75, 3.05) is 0 Å². The Hall–Kier alpha value is -1.55. The van der Waals surface area contributed by atoms with Gasteiger partial charge in [0.05, 0.1) is 0 Å². The third-order valence-corrected chi connectivity index (χ3v) is 3.01. The topological polar surface area (TPSA) is 64.3 Å². The highest BCUT2D eigenvalue weighted by Gasteiger charge is 2.23. The van der Waals surface area contributed by atoms with Crippen LogP contribution in [0.3, 0.4) is 0 Å². The number of amides is 1. The fourth-order valence-electron chi connectivity index (χ4n) is 2.08. The van der Waals surface area contributed by atoms with E-state index in [-0.39, 0.29) is 18.2 Å². The zero-order valence-corrected chi connectivity index (χ0v) is 9.76. The van der Waals surface area contributed by atoms with Gasteiger partial charge in [0.15, 0.2) is 0 Å². The standard InChI is InChI=1S/C13H18N2O2/c14-11-6-7-12(8-11)15-13(16)17-9-10-4-2-1-3-5-10/h1-5,11-12H,6-9,14H2,(H,15,16)/t11-,12-/m0/s1. The summed E-state index contributed by atoms with van der Waals surface area (Å²) in [6.45, 7) is 0.311. The summed E-state index contributed by atoms with van der Waals surface area (Å²) < 4.78 is 5.13. The zero-order chi connectivity index (χ0) is 12.1. The van der Waals surface area contributed by atoms with Crippen LogP contribution < -0.4 is 11.1 Å². The van der Waals surface area contributed by atoms with Gasteiger partial charge in [-0.3, -0.25) is 0 Å². The summed E-state index contributed by atoms with van der Waals surface area (Å²) >= 11 is 0. The van der Waals surface area contributed by atoms with E-state index < -0.39 is 0 Å². The van der Waals surface area contributed by atoms with Crippen LogP contribution in [0.15, 0.2) is 30.3 Å². The SMILES string of the molecule is N[C@H]1CC[C@H](NC(=O)OCc2ccccc2)C1. The average Bonchev–Trinajstić information content (AvgIpc) is 2.73. The first-order valence-corrected chi connectivity index (χ1v) is 5.97. The summed E-state index contributed by atoms with van der Waals surface area (Å²) in [6, 6.07) is 10.0. The van der Waals surface area contributed by atoms with Gasteiger partial charge in [-0.05, 0) is 24.8 Å². The highest BCUT2D eigenvalue weighted by Crippen LogP contribution is 2.17. The lowest BCUT2D eigenvalue weighted by molar-refractivity contribution is 0.136. The minimum atomic E-state index is -0.354. The molecule has 2 rings (SSSR count). The van der Waals surface area contributed by atoms with E-state index in [1.165, 1.54) is 0 Å². The first-order valence-electron chi connectivity index (χ1n) is 5.97. The van der Waals surface area contributed by atoms with Gasteiger partial charge < -0.3 is 15.8 Å². The van der Waals surface area contributed by atoms with Crippen LogP contribution in [0.1, 0.15) is 24.8 Å². The third kappa shape index (κ3) is 3.75. The molecule has 1 fully saturated rings. The van der Waals surface area contributed by atoms with Crippen molar-refractivity contribution in [3.8, 4) is 0 Å². The van der Waals surface area contributed by atoms with Crippen molar-refractivity contribution in [2.45, 2.75) is 38.0 Å². The Morgan fingerprint density at radius 2 is 2.12 bits per heavy atom. The second-order valence-electron chi connectivity index (χ2n) is 4.48. The molecule has 1 saturated carbocycles. The van der Waals surface area contributed by atoms with Crippen LogP contribution in [0.4, 0.5) is 4.79 Å². The Morgan fingerprint density at radius 1 is 1.35 bits per heavy atom. The van der Waals surface area contributed by atoms with Crippen molar-refractivity contribution < 1.29 is 9.53 Å². The number of carbonyl (C=O) groups is 1. The molecule has 0 saturated heterocycles. The van der Waals surface area contributed by atoms with Crippen LogP contribution in [0.2, 0.25) is 0 Å². The lowest BCUT2D eigenvalue weighted by Gasteiger charge is -2.12. The lowest BCUT2D eigenvalue weighted by atomic mass is 10.2. The molecule has 4 heteroatoms. The normalized spacial score (nSPS) is 23.4. The molecule has 0 unspecified atom stereocenters. The maximum atomic E-state index is 11.5. The molecule has 0 radical (unpaired) electrons. The average molecular weight is 234 g/mol. The van der Waals surface area contributed by atoms with Gasteiger partial charge in [0.2, 0.25) is 0 Å². The Kier molecular flexibility index (Phi) is 3.98. The third-order valence-electron chi connectivity index (χ3n) is 3.01. The Labute approximate surface area is 101 Å². The molecular formula is C13H18N2O2. The fourth-order valence-corrected chi connectivity index (χ4v) is 2.08. The van der Waals surface area contributed by atoms with Gasteiger partial charge in [0.25, 0.3) is 0 Å². The second kappa shape index (κ2) is 5.68. The fraction of sp³-hybridized carbons (Fsp3) is 0.462. The van der Waals surface area contributed by atoms with Crippen LogP contribution in [0.25, 0.3) is 0 Å². The van der Waals surface area contributed by atoms with E-state index in [9.17, 15) is 4.79 Å². The molecule has 4 nitrogen and oxygen atoms in total. The molecule has 0 aliphatic heterocycles. The Balaban J connectivity index is 1.71. The number of nitrogens with one attached hydrogen (secondary N) is 1. The van der Waals surface area contributed by atoms with Gasteiger partial charge in [-0.2, -0.15) is 0 Å². The molecule has 1 aliphatic rings.